The van der Waals surface area contributed by atoms with E-state index in [0.29, 0.717) is 23.4 Å². The van der Waals surface area contributed by atoms with Crippen LogP contribution in [0.15, 0.2) is 35.4 Å². The van der Waals surface area contributed by atoms with Crippen molar-refractivity contribution in [2.24, 2.45) is 0 Å². The molecule has 3 aromatic rings. The Labute approximate surface area is 167 Å². The summed E-state index contributed by atoms with van der Waals surface area (Å²) in [6.07, 6.45) is 3.17. The minimum atomic E-state index is -0.425. The molecular weight excluding hydrogens is 376 g/mol. The third kappa shape index (κ3) is 4.25. The fourth-order valence-corrected chi connectivity index (χ4v) is 4.00. The zero-order valence-electron chi connectivity index (χ0n) is 16.4. The molecule has 0 saturated heterocycles. The number of unbranched alkanes of at least 4 members (excludes halogenated alkanes) is 1. The Bertz CT molecular complexity index is 1020. The van der Waals surface area contributed by atoms with Crippen molar-refractivity contribution in [1.29, 1.82) is 0 Å². The standard InChI is InChI=1S/C21H24N2O4S/c1-4-6-11-27-17(24)12-23-13-22-20-19(21(23)25)18(14(3)28-20)15-7-9-16(10-8-15)26-5-2/h7-10,13H,4-6,11-12H2,1-3H3. The highest BCUT2D eigenvalue weighted by Gasteiger charge is 2.18. The number of carbonyl (C=O) groups excluding carboxylic acids is 1. The largest absolute Gasteiger partial charge is 0.494 e. The Morgan fingerprint density at radius 1 is 1.21 bits per heavy atom. The highest BCUT2D eigenvalue weighted by Crippen LogP contribution is 2.36. The van der Waals surface area contributed by atoms with Gasteiger partial charge in [-0.3, -0.25) is 14.2 Å². The van der Waals surface area contributed by atoms with Gasteiger partial charge >= 0.3 is 5.97 Å². The molecule has 0 fully saturated rings. The van der Waals surface area contributed by atoms with E-state index in [9.17, 15) is 9.59 Å². The summed E-state index contributed by atoms with van der Waals surface area (Å²) in [5.41, 5.74) is 1.55. The third-order valence-electron chi connectivity index (χ3n) is 4.37. The van der Waals surface area contributed by atoms with Crippen LogP contribution in [0.3, 0.4) is 0 Å². The molecule has 0 bridgehead atoms. The molecule has 2 heterocycles. The summed E-state index contributed by atoms with van der Waals surface area (Å²) in [4.78, 5) is 31.2. The molecule has 1 aromatic carbocycles. The van der Waals surface area contributed by atoms with Crippen LogP contribution < -0.4 is 10.3 Å². The van der Waals surface area contributed by atoms with Gasteiger partial charge in [0.1, 0.15) is 17.1 Å². The molecule has 28 heavy (non-hydrogen) atoms. The van der Waals surface area contributed by atoms with E-state index < -0.39 is 5.97 Å². The van der Waals surface area contributed by atoms with Gasteiger partial charge in [-0.2, -0.15) is 0 Å². The quantitative estimate of drug-likeness (QED) is 0.419. The first kappa shape index (κ1) is 20.1. The summed E-state index contributed by atoms with van der Waals surface area (Å²) < 4.78 is 12.0. The molecular formula is C21H24N2O4S. The van der Waals surface area contributed by atoms with Crippen LogP contribution in [0.2, 0.25) is 0 Å². The lowest BCUT2D eigenvalue weighted by molar-refractivity contribution is -0.144. The van der Waals surface area contributed by atoms with Crippen LogP contribution in [0.25, 0.3) is 21.3 Å². The van der Waals surface area contributed by atoms with Gasteiger partial charge in [-0.15, -0.1) is 11.3 Å². The average molecular weight is 401 g/mol. The first-order valence-corrected chi connectivity index (χ1v) is 10.2. The molecule has 0 atom stereocenters. The van der Waals surface area contributed by atoms with Crippen molar-refractivity contribution in [3.8, 4) is 16.9 Å². The van der Waals surface area contributed by atoms with Crippen molar-refractivity contribution in [1.82, 2.24) is 9.55 Å². The normalized spacial score (nSPS) is 11.0. The molecule has 0 amide bonds. The van der Waals surface area contributed by atoms with E-state index in [1.807, 2.05) is 45.0 Å². The van der Waals surface area contributed by atoms with Crippen molar-refractivity contribution in [2.45, 2.75) is 40.2 Å². The number of rotatable bonds is 8. The van der Waals surface area contributed by atoms with Crippen molar-refractivity contribution >= 4 is 27.5 Å². The number of hydrogen-bond acceptors (Lipinski definition) is 6. The van der Waals surface area contributed by atoms with Gasteiger partial charge in [0, 0.05) is 10.4 Å². The van der Waals surface area contributed by atoms with Gasteiger partial charge < -0.3 is 9.47 Å². The first-order valence-electron chi connectivity index (χ1n) is 9.42. The average Bonchev–Trinajstić information content (AvgIpc) is 3.02. The van der Waals surface area contributed by atoms with Gasteiger partial charge in [0.2, 0.25) is 0 Å². The maximum Gasteiger partial charge on any atom is 0.326 e. The van der Waals surface area contributed by atoms with Crippen LogP contribution in [0, 0.1) is 6.92 Å². The maximum absolute atomic E-state index is 13.1. The van der Waals surface area contributed by atoms with Gasteiger partial charge in [-0.05, 0) is 38.0 Å². The van der Waals surface area contributed by atoms with Gasteiger partial charge in [-0.25, -0.2) is 4.98 Å². The van der Waals surface area contributed by atoms with E-state index in [-0.39, 0.29) is 12.1 Å². The summed E-state index contributed by atoms with van der Waals surface area (Å²) in [5, 5.41) is 0.538. The maximum atomic E-state index is 13.1. The molecule has 0 aliphatic rings. The lowest BCUT2D eigenvalue weighted by Gasteiger charge is -2.08. The Morgan fingerprint density at radius 3 is 2.64 bits per heavy atom. The van der Waals surface area contributed by atoms with E-state index in [1.165, 1.54) is 22.2 Å². The second-order valence-corrected chi connectivity index (χ2v) is 7.63. The van der Waals surface area contributed by atoms with Crippen molar-refractivity contribution < 1.29 is 14.3 Å². The summed E-state index contributed by atoms with van der Waals surface area (Å²) in [5.74, 6) is 0.361. The Balaban J connectivity index is 1.96. The highest BCUT2D eigenvalue weighted by molar-refractivity contribution is 7.19. The van der Waals surface area contributed by atoms with Crippen LogP contribution in [-0.4, -0.2) is 28.7 Å². The number of carbonyl (C=O) groups is 1. The van der Waals surface area contributed by atoms with E-state index in [0.717, 1.165) is 34.6 Å². The zero-order valence-corrected chi connectivity index (χ0v) is 17.2. The molecule has 0 aliphatic heterocycles. The second-order valence-electron chi connectivity index (χ2n) is 6.42. The third-order valence-corrected chi connectivity index (χ3v) is 5.38. The highest BCUT2D eigenvalue weighted by atomic mass is 32.1. The topological polar surface area (TPSA) is 70.4 Å². The number of ether oxygens (including phenoxy) is 2. The molecule has 7 heteroatoms. The zero-order chi connectivity index (χ0) is 20.1. The predicted octanol–water partition coefficient (Wildman–Crippen LogP) is 4.18. The molecule has 0 unspecified atom stereocenters. The molecule has 0 radical (unpaired) electrons. The minimum Gasteiger partial charge on any atom is -0.494 e. The van der Waals surface area contributed by atoms with E-state index >= 15 is 0 Å². The van der Waals surface area contributed by atoms with Gasteiger partial charge in [0.25, 0.3) is 5.56 Å². The molecule has 0 aliphatic carbocycles. The number of esters is 1. The molecule has 3 rings (SSSR count). The minimum absolute atomic E-state index is 0.136. The second kappa shape index (κ2) is 9.01. The number of hydrogen-bond donors (Lipinski definition) is 0. The van der Waals surface area contributed by atoms with Gasteiger partial charge in [0.05, 0.1) is 24.9 Å². The Hall–Kier alpha value is -2.67. The monoisotopic (exact) mass is 400 g/mol. The Kier molecular flexibility index (Phi) is 6.46. The molecule has 148 valence electrons. The SMILES string of the molecule is CCCCOC(=O)Cn1cnc2sc(C)c(-c3ccc(OCC)cc3)c2c1=O. The summed E-state index contributed by atoms with van der Waals surface area (Å²) >= 11 is 1.47. The van der Waals surface area contributed by atoms with Gasteiger partial charge in [0.15, 0.2) is 0 Å². The predicted molar refractivity (Wildman–Crippen MR) is 111 cm³/mol. The fourth-order valence-electron chi connectivity index (χ4n) is 3.00. The van der Waals surface area contributed by atoms with E-state index in [2.05, 4.69) is 4.98 Å². The number of fused-ring (bicyclic) bond motifs is 1. The van der Waals surface area contributed by atoms with Crippen molar-refractivity contribution in [3.05, 3.63) is 45.8 Å². The number of aromatic nitrogens is 2. The van der Waals surface area contributed by atoms with E-state index in [1.54, 1.807) is 0 Å². The van der Waals surface area contributed by atoms with E-state index in [4.69, 9.17) is 9.47 Å². The molecule has 0 saturated carbocycles. The van der Waals surface area contributed by atoms with Crippen molar-refractivity contribution in [3.63, 3.8) is 0 Å². The van der Waals surface area contributed by atoms with Gasteiger partial charge in [-0.1, -0.05) is 25.5 Å². The summed E-state index contributed by atoms with van der Waals surface area (Å²) in [6, 6.07) is 7.66. The Morgan fingerprint density at radius 2 is 1.96 bits per heavy atom. The van der Waals surface area contributed by atoms with Crippen LogP contribution in [0.5, 0.6) is 5.75 Å². The first-order chi connectivity index (χ1) is 13.5. The molecule has 6 nitrogen and oxygen atoms in total. The lowest BCUT2D eigenvalue weighted by Crippen LogP contribution is -2.25. The number of nitrogens with zero attached hydrogens (tertiary/aromatic N) is 2. The number of thiophene rings is 1. The lowest BCUT2D eigenvalue weighted by atomic mass is 10.0. The summed E-state index contributed by atoms with van der Waals surface area (Å²) in [7, 11) is 0. The number of benzene rings is 1. The summed E-state index contributed by atoms with van der Waals surface area (Å²) in [6.45, 7) is 6.77. The van der Waals surface area contributed by atoms with Crippen LogP contribution in [-0.2, 0) is 16.1 Å². The van der Waals surface area contributed by atoms with Crippen molar-refractivity contribution in [2.75, 3.05) is 13.2 Å². The molecule has 2 aromatic heterocycles. The van der Waals surface area contributed by atoms with Crippen LogP contribution in [0.4, 0.5) is 0 Å². The van der Waals surface area contributed by atoms with Crippen LogP contribution >= 0.6 is 11.3 Å². The number of aryl methyl sites for hydroxylation is 1. The molecule has 0 N–H and O–H groups in total. The fraction of sp³-hybridized carbons (Fsp3) is 0.381. The molecule has 0 spiro atoms. The smallest absolute Gasteiger partial charge is 0.326 e. The van der Waals surface area contributed by atoms with Crippen LogP contribution in [0.1, 0.15) is 31.6 Å².